The molecule has 24 heavy (non-hydrogen) atoms. The van der Waals surface area contributed by atoms with E-state index in [0.29, 0.717) is 12.5 Å². The Kier molecular flexibility index (Phi) is 8.21. The van der Waals surface area contributed by atoms with Crippen LogP contribution < -0.4 is 11.1 Å². The van der Waals surface area contributed by atoms with Gasteiger partial charge in [-0.3, -0.25) is 0 Å². The van der Waals surface area contributed by atoms with Crippen LogP contribution in [-0.2, 0) is 13.1 Å². The summed E-state index contributed by atoms with van der Waals surface area (Å²) in [6.45, 7) is 5.64. The molecular weight excluding hydrogens is 411 g/mol. The van der Waals surface area contributed by atoms with Crippen LogP contribution >= 0.6 is 24.0 Å². The first kappa shape index (κ1) is 20.4. The van der Waals surface area contributed by atoms with Gasteiger partial charge in [0.1, 0.15) is 0 Å². The second-order valence-corrected chi connectivity index (χ2v) is 6.26. The molecule has 2 rings (SSSR count). The quantitative estimate of drug-likeness (QED) is 0.423. The molecule has 0 saturated carbocycles. The molecule has 0 heterocycles. The lowest BCUT2D eigenvalue weighted by molar-refractivity contribution is 0.402. The topological polar surface area (TPSA) is 53.6 Å². The molecule has 0 amide bonds. The summed E-state index contributed by atoms with van der Waals surface area (Å²) in [5.74, 6) is 0.438. The maximum Gasteiger partial charge on any atom is 0.193 e. The van der Waals surface area contributed by atoms with Crippen LogP contribution in [0.25, 0.3) is 0 Å². The van der Waals surface area contributed by atoms with Gasteiger partial charge in [-0.2, -0.15) is 0 Å². The Morgan fingerprint density at radius 1 is 1.04 bits per heavy atom. The second-order valence-electron chi connectivity index (χ2n) is 6.26. The molecule has 0 aromatic heterocycles. The van der Waals surface area contributed by atoms with Gasteiger partial charge < -0.3 is 16.0 Å². The lowest BCUT2D eigenvalue weighted by atomic mass is 10.1. The SMILES string of the molecule is Cc1cc(C)cc(NC(N)=NCc2cccc(CN(C)C)c2)c1.I. The van der Waals surface area contributed by atoms with Gasteiger partial charge in [0.2, 0.25) is 0 Å². The third kappa shape index (κ3) is 6.88. The number of nitrogens with two attached hydrogens (primary N) is 1. The van der Waals surface area contributed by atoms with Gasteiger partial charge in [0, 0.05) is 12.2 Å². The molecule has 0 aliphatic rings. The number of benzene rings is 2. The van der Waals surface area contributed by atoms with Gasteiger partial charge in [0.25, 0.3) is 0 Å². The van der Waals surface area contributed by atoms with E-state index in [4.69, 9.17) is 5.73 Å². The minimum atomic E-state index is 0. The number of aryl methyl sites for hydroxylation is 2. The average molecular weight is 438 g/mol. The van der Waals surface area contributed by atoms with Crippen LogP contribution in [0.2, 0.25) is 0 Å². The van der Waals surface area contributed by atoms with Crippen molar-refractivity contribution in [3.8, 4) is 0 Å². The van der Waals surface area contributed by atoms with Crippen molar-refractivity contribution < 1.29 is 0 Å². The zero-order valence-electron chi connectivity index (χ0n) is 14.8. The number of nitrogens with one attached hydrogen (secondary N) is 1. The number of anilines is 1. The van der Waals surface area contributed by atoms with Crippen LogP contribution in [0.1, 0.15) is 22.3 Å². The number of guanidine groups is 1. The summed E-state index contributed by atoms with van der Waals surface area (Å²) < 4.78 is 0. The fourth-order valence-corrected chi connectivity index (χ4v) is 2.60. The van der Waals surface area contributed by atoms with Crippen molar-refractivity contribution in [2.24, 2.45) is 10.7 Å². The van der Waals surface area contributed by atoms with Crippen molar-refractivity contribution in [2.75, 3.05) is 19.4 Å². The Morgan fingerprint density at radius 3 is 2.29 bits per heavy atom. The van der Waals surface area contributed by atoms with Gasteiger partial charge in [0.15, 0.2) is 5.96 Å². The smallest absolute Gasteiger partial charge is 0.193 e. The minimum absolute atomic E-state index is 0. The van der Waals surface area contributed by atoms with Crippen molar-refractivity contribution in [3.05, 3.63) is 64.7 Å². The molecule has 0 atom stereocenters. The zero-order chi connectivity index (χ0) is 16.8. The molecule has 3 N–H and O–H groups in total. The lowest BCUT2D eigenvalue weighted by Crippen LogP contribution is -2.22. The molecular formula is C19H27IN4. The van der Waals surface area contributed by atoms with Gasteiger partial charge >= 0.3 is 0 Å². The number of rotatable bonds is 5. The maximum absolute atomic E-state index is 6.00. The van der Waals surface area contributed by atoms with E-state index >= 15 is 0 Å². The van der Waals surface area contributed by atoms with Crippen LogP contribution in [0.15, 0.2) is 47.5 Å². The molecule has 0 aliphatic carbocycles. The van der Waals surface area contributed by atoms with Gasteiger partial charge in [-0.1, -0.05) is 30.3 Å². The van der Waals surface area contributed by atoms with Crippen molar-refractivity contribution >= 4 is 35.6 Å². The Bertz CT molecular complexity index is 675. The summed E-state index contributed by atoms with van der Waals surface area (Å²) in [4.78, 5) is 6.59. The highest BCUT2D eigenvalue weighted by molar-refractivity contribution is 14.0. The van der Waals surface area contributed by atoms with E-state index in [-0.39, 0.29) is 24.0 Å². The zero-order valence-corrected chi connectivity index (χ0v) is 17.2. The van der Waals surface area contributed by atoms with E-state index < -0.39 is 0 Å². The third-order valence-electron chi connectivity index (χ3n) is 3.42. The second kappa shape index (κ2) is 9.64. The van der Waals surface area contributed by atoms with E-state index in [1.807, 2.05) is 0 Å². The molecule has 4 nitrogen and oxygen atoms in total. The monoisotopic (exact) mass is 438 g/mol. The lowest BCUT2D eigenvalue weighted by Gasteiger charge is -2.11. The summed E-state index contributed by atoms with van der Waals surface area (Å²) in [6.07, 6.45) is 0. The summed E-state index contributed by atoms with van der Waals surface area (Å²) in [5, 5.41) is 3.16. The average Bonchev–Trinajstić information content (AvgIpc) is 2.43. The molecule has 0 fully saturated rings. The van der Waals surface area contributed by atoms with E-state index in [1.165, 1.54) is 16.7 Å². The summed E-state index contributed by atoms with van der Waals surface area (Å²) in [5.41, 5.74) is 11.8. The fourth-order valence-electron chi connectivity index (χ4n) is 2.60. The predicted octanol–water partition coefficient (Wildman–Crippen LogP) is 3.91. The summed E-state index contributed by atoms with van der Waals surface area (Å²) in [6, 6.07) is 14.7. The highest BCUT2D eigenvalue weighted by Gasteiger charge is 2.00. The molecule has 0 unspecified atom stereocenters. The Morgan fingerprint density at radius 2 is 1.67 bits per heavy atom. The third-order valence-corrected chi connectivity index (χ3v) is 3.42. The molecule has 0 aliphatic heterocycles. The molecule has 130 valence electrons. The van der Waals surface area contributed by atoms with Gasteiger partial charge in [-0.15, -0.1) is 24.0 Å². The first-order valence-electron chi connectivity index (χ1n) is 7.80. The van der Waals surface area contributed by atoms with Crippen molar-refractivity contribution in [1.82, 2.24) is 4.90 Å². The van der Waals surface area contributed by atoms with E-state index in [9.17, 15) is 0 Å². The Balaban J connectivity index is 0.00000288. The van der Waals surface area contributed by atoms with Crippen molar-refractivity contribution in [3.63, 3.8) is 0 Å². The molecule has 0 bridgehead atoms. The normalized spacial score (nSPS) is 11.3. The van der Waals surface area contributed by atoms with E-state index in [0.717, 1.165) is 17.8 Å². The first-order chi connectivity index (χ1) is 10.9. The van der Waals surface area contributed by atoms with Gasteiger partial charge in [-0.05, 0) is 62.3 Å². The largest absolute Gasteiger partial charge is 0.370 e. The number of hydrogen-bond acceptors (Lipinski definition) is 2. The summed E-state index contributed by atoms with van der Waals surface area (Å²) >= 11 is 0. The van der Waals surface area contributed by atoms with E-state index in [2.05, 4.69) is 85.6 Å². The van der Waals surface area contributed by atoms with Crippen molar-refractivity contribution in [1.29, 1.82) is 0 Å². The maximum atomic E-state index is 6.00. The molecule has 0 spiro atoms. The fraction of sp³-hybridized carbons (Fsp3) is 0.316. The first-order valence-corrected chi connectivity index (χ1v) is 7.80. The van der Waals surface area contributed by atoms with Gasteiger partial charge in [0.05, 0.1) is 6.54 Å². The highest BCUT2D eigenvalue weighted by atomic mass is 127. The molecule has 2 aromatic rings. The van der Waals surface area contributed by atoms with Crippen LogP contribution in [0.3, 0.4) is 0 Å². The highest BCUT2D eigenvalue weighted by Crippen LogP contribution is 2.13. The Hall–Kier alpha value is -1.60. The molecule has 5 heteroatoms. The molecule has 0 saturated heterocycles. The summed E-state index contributed by atoms with van der Waals surface area (Å²) in [7, 11) is 4.13. The number of nitrogens with zero attached hydrogens (tertiary/aromatic N) is 2. The number of halogens is 1. The standard InChI is InChI=1S/C19H26N4.HI/c1-14-8-15(2)10-18(9-14)22-19(20)21-12-16-6-5-7-17(11-16)13-23(3)4;/h5-11H,12-13H2,1-4H3,(H3,20,21,22);1H. The van der Waals surface area contributed by atoms with Crippen LogP contribution in [0.4, 0.5) is 5.69 Å². The van der Waals surface area contributed by atoms with Crippen molar-refractivity contribution in [2.45, 2.75) is 26.9 Å². The number of hydrogen-bond donors (Lipinski definition) is 2. The van der Waals surface area contributed by atoms with Gasteiger partial charge in [-0.25, -0.2) is 4.99 Å². The minimum Gasteiger partial charge on any atom is -0.370 e. The predicted molar refractivity (Wildman–Crippen MR) is 114 cm³/mol. The Labute approximate surface area is 162 Å². The molecule has 0 radical (unpaired) electrons. The number of aliphatic imine (C=N–C) groups is 1. The van der Waals surface area contributed by atoms with Crippen LogP contribution in [0, 0.1) is 13.8 Å². The molecule has 2 aromatic carbocycles. The van der Waals surface area contributed by atoms with Crippen LogP contribution in [-0.4, -0.2) is 25.0 Å². The van der Waals surface area contributed by atoms with E-state index in [1.54, 1.807) is 0 Å². The van der Waals surface area contributed by atoms with Crippen LogP contribution in [0.5, 0.6) is 0 Å².